The van der Waals surface area contributed by atoms with Crippen molar-refractivity contribution in [3.8, 4) is 0 Å². The average molecular weight is 259 g/mol. The Balaban J connectivity index is 1.90. The monoisotopic (exact) mass is 259 g/mol. The molecule has 0 radical (unpaired) electrons. The molecule has 4 nitrogen and oxygen atoms in total. The molecule has 1 aromatic carbocycles. The third-order valence-corrected chi connectivity index (χ3v) is 2.87. The molecule has 0 aliphatic heterocycles. The first kappa shape index (κ1) is 13.4. The predicted molar refractivity (Wildman–Crippen MR) is 71.8 cm³/mol. The zero-order chi connectivity index (χ0) is 13.7. The first-order chi connectivity index (χ1) is 9.20. The fourth-order valence-corrected chi connectivity index (χ4v) is 1.76. The van der Waals surface area contributed by atoms with Crippen molar-refractivity contribution in [3.63, 3.8) is 0 Å². The lowest BCUT2D eigenvalue weighted by Crippen LogP contribution is -2.28. The van der Waals surface area contributed by atoms with E-state index >= 15 is 0 Å². The van der Waals surface area contributed by atoms with Gasteiger partial charge in [-0.3, -0.25) is 4.79 Å². The summed E-state index contributed by atoms with van der Waals surface area (Å²) in [6, 6.07) is 12.6. The van der Waals surface area contributed by atoms with Gasteiger partial charge in [0, 0.05) is 13.0 Å². The molecule has 1 heterocycles. The van der Waals surface area contributed by atoms with Crippen LogP contribution in [-0.4, -0.2) is 17.6 Å². The summed E-state index contributed by atoms with van der Waals surface area (Å²) in [6.45, 7) is 2.12. The van der Waals surface area contributed by atoms with Crippen LogP contribution >= 0.6 is 0 Å². The summed E-state index contributed by atoms with van der Waals surface area (Å²) in [5.74, 6) is 0.737. The normalized spacial score (nSPS) is 12.1. The Hall–Kier alpha value is -2.07. The van der Waals surface area contributed by atoms with E-state index in [1.54, 1.807) is 12.1 Å². The number of hydrogen-bond acceptors (Lipinski definition) is 3. The lowest BCUT2D eigenvalue weighted by molar-refractivity contribution is 0.0887. The van der Waals surface area contributed by atoms with Gasteiger partial charge in [-0.2, -0.15) is 0 Å². The van der Waals surface area contributed by atoms with Gasteiger partial charge in [-0.25, -0.2) is 0 Å². The summed E-state index contributed by atoms with van der Waals surface area (Å²) in [5, 5.41) is 12.6. The zero-order valence-electron chi connectivity index (χ0n) is 10.8. The molecule has 0 saturated heterocycles. The van der Waals surface area contributed by atoms with Crippen LogP contribution in [0.4, 0.5) is 0 Å². The summed E-state index contributed by atoms with van der Waals surface area (Å²) in [6.07, 6.45) is 0.0330. The highest BCUT2D eigenvalue weighted by Crippen LogP contribution is 2.12. The van der Waals surface area contributed by atoms with E-state index < -0.39 is 6.10 Å². The molecule has 19 heavy (non-hydrogen) atoms. The Morgan fingerprint density at radius 3 is 2.63 bits per heavy atom. The molecule has 1 atom stereocenters. The van der Waals surface area contributed by atoms with E-state index in [2.05, 4.69) is 5.32 Å². The van der Waals surface area contributed by atoms with Crippen LogP contribution < -0.4 is 5.32 Å². The van der Waals surface area contributed by atoms with E-state index in [0.717, 1.165) is 17.7 Å². The van der Waals surface area contributed by atoms with Gasteiger partial charge in [0.15, 0.2) is 5.76 Å². The minimum atomic E-state index is -0.717. The third kappa shape index (κ3) is 3.45. The topological polar surface area (TPSA) is 62.5 Å². The van der Waals surface area contributed by atoms with Crippen LogP contribution in [0.5, 0.6) is 0 Å². The number of rotatable bonds is 5. The number of carbonyl (C=O) groups excluding carboxylic acids is 1. The minimum Gasteiger partial charge on any atom is -0.456 e. The fourth-order valence-electron chi connectivity index (χ4n) is 1.76. The van der Waals surface area contributed by atoms with E-state index in [1.807, 2.05) is 37.3 Å². The Bertz CT molecular complexity index is 533. The first-order valence-electron chi connectivity index (χ1n) is 6.30. The van der Waals surface area contributed by atoms with Crippen LogP contribution in [0.15, 0.2) is 46.9 Å². The maximum atomic E-state index is 11.8. The van der Waals surface area contributed by atoms with Crippen LogP contribution in [-0.2, 0) is 6.42 Å². The molecule has 4 heteroatoms. The number of hydrogen-bond donors (Lipinski definition) is 2. The number of nitrogens with one attached hydrogen (secondary N) is 1. The standard InChI is InChI=1S/C15H17NO3/c1-2-12-8-9-14(19-12)15(18)16-10-13(17)11-6-4-3-5-7-11/h3-9,13,17H,2,10H2,1H3,(H,16,18)/t13-/m0/s1. The Labute approximate surface area is 112 Å². The molecule has 2 aromatic rings. The molecule has 100 valence electrons. The molecule has 0 spiro atoms. The number of aliphatic hydroxyl groups excluding tert-OH is 1. The van der Waals surface area contributed by atoms with Crippen molar-refractivity contribution >= 4 is 5.91 Å². The second-order valence-electron chi connectivity index (χ2n) is 4.26. The molecule has 1 amide bonds. The van der Waals surface area contributed by atoms with Gasteiger partial charge in [0.1, 0.15) is 5.76 Å². The van der Waals surface area contributed by atoms with Crippen LogP contribution in [0.1, 0.15) is 34.9 Å². The lowest BCUT2D eigenvalue weighted by Gasteiger charge is -2.11. The number of amides is 1. The number of aliphatic hydroxyl groups is 1. The molecule has 0 bridgehead atoms. The molecule has 1 aromatic heterocycles. The van der Waals surface area contributed by atoms with Crippen molar-refractivity contribution in [2.45, 2.75) is 19.4 Å². The van der Waals surface area contributed by atoms with Gasteiger partial charge < -0.3 is 14.8 Å². The SMILES string of the molecule is CCc1ccc(C(=O)NC[C@H](O)c2ccccc2)o1. The number of carbonyl (C=O) groups is 1. The second kappa shape index (κ2) is 6.20. The van der Waals surface area contributed by atoms with Gasteiger partial charge in [-0.1, -0.05) is 37.3 Å². The number of benzene rings is 1. The third-order valence-electron chi connectivity index (χ3n) is 2.87. The van der Waals surface area contributed by atoms with Crippen molar-refractivity contribution in [2.24, 2.45) is 0 Å². The van der Waals surface area contributed by atoms with Crippen molar-refractivity contribution < 1.29 is 14.3 Å². The van der Waals surface area contributed by atoms with E-state index in [1.165, 1.54) is 0 Å². The average Bonchev–Trinajstić information content (AvgIpc) is 2.94. The van der Waals surface area contributed by atoms with Gasteiger partial charge in [-0.05, 0) is 17.7 Å². The molecule has 0 aliphatic rings. The molecular formula is C15H17NO3. The minimum absolute atomic E-state index is 0.158. The van der Waals surface area contributed by atoms with E-state index in [0.29, 0.717) is 0 Å². The first-order valence-corrected chi connectivity index (χ1v) is 6.30. The van der Waals surface area contributed by atoms with Crippen LogP contribution in [0, 0.1) is 0 Å². The van der Waals surface area contributed by atoms with Crippen LogP contribution in [0.25, 0.3) is 0 Å². The van der Waals surface area contributed by atoms with Crippen molar-refractivity contribution in [1.82, 2.24) is 5.32 Å². The summed E-state index contributed by atoms with van der Waals surface area (Å²) < 4.78 is 5.34. The lowest BCUT2D eigenvalue weighted by atomic mass is 10.1. The largest absolute Gasteiger partial charge is 0.456 e. The molecule has 2 N–H and O–H groups in total. The Kier molecular flexibility index (Phi) is 4.36. The van der Waals surface area contributed by atoms with Crippen molar-refractivity contribution in [2.75, 3.05) is 6.54 Å². The highest BCUT2D eigenvalue weighted by molar-refractivity contribution is 5.91. The second-order valence-corrected chi connectivity index (χ2v) is 4.26. The summed E-state index contributed by atoms with van der Waals surface area (Å²) >= 11 is 0. The Morgan fingerprint density at radius 1 is 1.26 bits per heavy atom. The fraction of sp³-hybridized carbons (Fsp3) is 0.267. The summed E-state index contributed by atoms with van der Waals surface area (Å²) in [5.41, 5.74) is 0.775. The van der Waals surface area contributed by atoms with Gasteiger partial charge >= 0.3 is 0 Å². The van der Waals surface area contributed by atoms with Crippen molar-refractivity contribution in [1.29, 1.82) is 0 Å². The Morgan fingerprint density at radius 2 is 2.00 bits per heavy atom. The van der Waals surface area contributed by atoms with Gasteiger partial charge in [0.2, 0.25) is 0 Å². The van der Waals surface area contributed by atoms with E-state index in [4.69, 9.17) is 4.42 Å². The number of aryl methyl sites for hydroxylation is 1. The smallest absolute Gasteiger partial charge is 0.287 e. The molecule has 2 rings (SSSR count). The zero-order valence-corrected chi connectivity index (χ0v) is 10.8. The van der Waals surface area contributed by atoms with Gasteiger partial charge in [-0.15, -0.1) is 0 Å². The van der Waals surface area contributed by atoms with Gasteiger partial charge in [0.25, 0.3) is 5.91 Å². The molecule has 0 saturated carbocycles. The maximum absolute atomic E-state index is 11.8. The van der Waals surface area contributed by atoms with Crippen LogP contribution in [0.2, 0.25) is 0 Å². The highest BCUT2D eigenvalue weighted by atomic mass is 16.3. The predicted octanol–water partition coefficient (Wildman–Crippen LogP) is 2.31. The van der Waals surface area contributed by atoms with E-state index in [-0.39, 0.29) is 18.2 Å². The van der Waals surface area contributed by atoms with Gasteiger partial charge in [0.05, 0.1) is 6.10 Å². The molecule has 0 fully saturated rings. The molecule has 0 unspecified atom stereocenters. The highest BCUT2D eigenvalue weighted by Gasteiger charge is 2.13. The van der Waals surface area contributed by atoms with Crippen LogP contribution in [0.3, 0.4) is 0 Å². The maximum Gasteiger partial charge on any atom is 0.287 e. The van der Waals surface area contributed by atoms with E-state index in [9.17, 15) is 9.90 Å². The summed E-state index contributed by atoms with van der Waals surface area (Å²) in [4.78, 5) is 11.8. The molecular weight excluding hydrogens is 242 g/mol. The summed E-state index contributed by atoms with van der Waals surface area (Å²) in [7, 11) is 0. The quantitative estimate of drug-likeness (QED) is 0.866. The molecule has 0 aliphatic carbocycles. The number of furan rings is 1. The van der Waals surface area contributed by atoms with Crippen molar-refractivity contribution in [3.05, 3.63) is 59.5 Å².